The van der Waals surface area contributed by atoms with E-state index in [0.717, 1.165) is 59.6 Å². The van der Waals surface area contributed by atoms with Crippen LogP contribution in [0.3, 0.4) is 0 Å². The van der Waals surface area contributed by atoms with Crippen LogP contribution in [0.1, 0.15) is 62.3 Å². The maximum absolute atomic E-state index is 13.0. The molecule has 2 aromatic heterocycles. The Balaban J connectivity index is 1.65. The fourth-order valence-electron chi connectivity index (χ4n) is 4.24. The molecule has 1 aliphatic rings. The molecule has 0 saturated carbocycles. The Bertz CT molecular complexity index is 1170. The van der Waals surface area contributed by atoms with Gasteiger partial charge in [0, 0.05) is 69.6 Å². The molecule has 172 valence electrons. The highest BCUT2D eigenvalue weighted by Crippen LogP contribution is 2.34. The molecule has 1 aromatic carbocycles. The first-order chi connectivity index (χ1) is 15.6. The molecule has 4 rings (SSSR count). The molecule has 0 spiro atoms. The van der Waals surface area contributed by atoms with Crippen molar-refractivity contribution in [2.24, 2.45) is 5.92 Å². The Hall–Kier alpha value is -2.72. The largest absolute Gasteiger partial charge is 0.339 e. The van der Waals surface area contributed by atoms with Crippen molar-refractivity contribution in [1.82, 2.24) is 14.9 Å². The Morgan fingerprint density at radius 3 is 2.39 bits per heavy atom. The number of hydrogen-bond acceptors (Lipinski definition) is 3. The molecule has 1 aliphatic heterocycles. The van der Waals surface area contributed by atoms with Crippen molar-refractivity contribution < 1.29 is 4.79 Å². The second kappa shape index (κ2) is 9.26. The molecule has 0 unspecified atom stereocenters. The van der Waals surface area contributed by atoms with Crippen molar-refractivity contribution in [3.63, 3.8) is 0 Å². The molecule has 3 aromatic rings. The highest BCUT2D eigenvalue weighted by molar-refractivity contribution is 6.33. The van der Waals surface area contributed by atoms with Crippen LogP contribution in [-0.2, 0) is 5.41 Å². The highest BCUT2D eigenvalue weighted by Gasteiger charge is 2.22. The summed E-state index contributed by atoms with van der Waals surface area (Å²) in [5, 5.41) is 0.568. The number of hydrogen-bond donors (Lipinski definition) is 0. The number of amides is 1. The van der Waals surface area contributed by atoms with Gasteiger partial charge in [-0.25, -0.2) is 0 Å². The summed E-state index contributed by atoms with van der Waals surface area (Å²) >= 11 is 6.72. The molecule has 5 heteroatoms. The third-order valence-electron chi connectivity index (χ3n) is 6.53. The van der Waals surface area contributed by atoms with Gasteiger partial charge in [-0.1, -0.05) is 45.4 Å². The maximum atomic E-state index is 13.0. The van der Waals surface area contributed by atoms with Crippen LogP contribution in [-0.4, -0.2) is 33.9 Å². The first kappa shape index (κ1) is 23.4. The first-order valence-electron chi connectivity index (χ1n) is 11.7. The van der Waals surface area contributed by atoms with Crippen LogP contribution in [0.2, 0.25) is 5.02 Å². The van der Waals surface area contributed by atoms with Crippen molar-refractivity contribution in [1.29, 1.82) is 0 Å². The molecule has 3 heterocycles. The average molecular weight is 462 g/mol. The van der Waals surface area contributed by atoms with Gasteiger partial charge in [-0.05, 0) is 61.6 Å². The molecule has 4 nitrogen and oxygen atoms in total. The highest BCUT2D eigenvalue weighted by atomic mass is 35.5. The molecular formula is C28H32ClN3O. The number of pyridine rings is 2. The van der Waals surface area contributed by atoms with Gasteiger partial charge in [0.15, 0.2) is 0 Å². The van der Waals surface area contributed by atoms with E-state index in [1.54, 1.807) is 6.07 Å². The van der Waals surface area contributed by atoms with Gasteiger partial charge in [0.25, 0.3) is 5.91 Å². The summed E-state index contributed by atoms with van der Waals surface area (Å²) in [6, 6.07) is 11.9. The fourth-order valence-corrected chi connectivity index (χ4v) is 4.53. The topological polar surface area (TPSA) is 46.1 Å². The molecule has 0 N–H and O–H groups in total. The Morgan fingerprint density at radius 1 is 1.00 bits per heavy atom. The predicted molar refractivity (Wildman–Crippen MR) is 136 cm³/mol. The zero-order valence-electron chi connectivity index (χ0n) is 20.2. The predicted octanol–water partition coefficient (Wildman–Crippen LogP) is 6.94. The Labute approximate surface area is 202 Å². The summed E-state index contributed by atoms with van der Waals surface area (Å²) in [5.74, 6) is 0.744. The summed E-state index contributed by atoms with van der Waals surface area (Å²) in [5.41, 5.74) is 6.49. The second-order valence-corrected chi connectivity index (χ2v) is 10.6. The average Bonchev–Trinajstić information content (AvgIpc) is 2.79. The monoisotopic (exact) mass is 461 g/mol. The minimum Gasteiger partial charge on any atom is -0.339 e. The molecule has 0 bridgehead atoms. The van der Waals surface area contributed by atoms with E-state index in [2.05, 4.69) is 49.8 Å². The molecule has 0 radical (unpaired) electrons. The van der Waals surface area contributed by atoms with Crippen LogP contribution in [0.15, 0.2) is 48.8 Å². The van der Waals surface area contributed by atoms with Crippen LogP contribution in [0, 0.1) is 12.8 Å². The van der Waals surface area contributed by atoms with E-state index in [1.807, 2.05) is 42.4 Å². The Morgan fingerprint density at radius 2 is 1.73 bits per heavy atom. The lowest BCUT2D eigenvalue weighted by molar-refractivity contribution is 0.0697. The third-order valence-corrected chi connectivity index (χ3v) is 6.84. The van der Waals surface area contributed by atoms with Crippen LogP contribution < -0.4 is 0 Å². The molecule has 0 aliphatic carbocycles. The smallest absolute Gasteiger partial charge is 0.253 e. The molecule has 33 heavy (non-hydrogen) atoms. The van der Waals surface area contributed by atoms with Crippen molar-refractivity contribution >= 4 is 17.5 Å². The van der Waals surface area contributed by atoms with Crippen LogP contribution in [0.5, 0.6) is 0 Å². The zero-order valence-corrected chi connectivity index (χ0v) is 20.9. The number of benzene rings is 1. The molecule has 1 saturated heterocycles. The normalized spacial score (nSPS) is 15.0. The third kappa shape index (κ3) is 5.11. The van der Waals surface area contributed by atoms with Crippen molar-refractivity contribution in [2.75, 3.05) is 13.1 Å². The van der Waals surface area contributed by atoms with Crippen LogP contribution in [0.25, 0.3) is 22.3 Å². The van der Waals surface area contributed by atoms with Gasteiger partial charge in [0.2, 0.25) is 0 Å². The van der Waals surface area contributed by atoms with Gasteiger partial charge < -0.3 is 4.90 Å². The summed E-state index contributed by atoms with van der Waals surface area (Å²) in [4.78, 5) is 24.1. The zero-order chi connectivity index (χ0) is 23.8. The minimum absolute atomic E-state index is 0.0327. The number of halogens is 1. The Kier molecular flexibility index (Phi) is 6.58. The van der Waals surface area contributed by atoms with Crippen LogP contribution in [0.4, 0.5) is 0 Å². The maximum Gasteiger partial charge on any atom is 0.253 e. The summed E-state index contributed by atoms with van der Waals surface area (Å²) in [7, 11) is 0. The van der Waals surface area contributed by atoms with E-state index in [0.29, 0.717) is 16.5 Å². The van der Waals surface area contributed by atoms with E-state index < -0.39 is 0 Å². The fraction of sp³-hybridized carbons (Fsp3) is 0.393. The van der Waals surface area contributed by atoms with Gasteiger partial charge >= 0.3 is 0 Å². The number of aromatic nitrogens is 2. The van der Waals surface area contributed by atoms with Gasteiger partial charge in [0.05, 0.1) is 0 Å². The lowest BCUT2D eigenvalue weighted by Crippen LogP contribution is -2.37. The first-order valence-corrected chi connectivity index (χ1v) is 12.0. The quantitative estimate of drug-likeness (QED) is 0.424. The number of nitrogens with zero attached hydrogens (tertiary/aromatic N) is 3. The van der Waals surface area contributed by atoms with Crippen molar-refractivity contribution in [3.05, 3.63) is 70.8 Å². The van der Waals surface area contributed by atoms with Gasteiger partial charge in [-0.2, -0.15) is 0 Å². The van der Waals surface area contributed by atoms with E-state index in [1.165, 1.54) is 0 Å². The number of likely N-dealkylation sites (tertiary alicyclic amines) is 1. The molecule has 1 fully saturated rings. The van der Waals surface area contributed by atoms with Crippen molar-refractivity contribution in [3.8, 4) is 22.3 Å². The van der Waals surface area contributed by atoms with E-state index in [9.17, 15) is 4.79 Å². The molecular weight excluding hydrogens is 430 g/mol. The van der Waals surface area contributed by atoms with Gasteiger partial charge in [-0.15, -0.1) is 0 Å². The van der Waals surface area contributed by atoms with Crippen LogP contribution >= 0.6 is 11.6 Å². The lowest BCUT2D eigenvalue weighted by Gasteiger charge is -2.30. The second-order valence-electron chi connectivity index (χ2n) is 10.2. The SMILES string of the molecule is Cc1ncc(-c2ccnc(C(C)(C)C)c2)cc1-c1ccc(C(=O)N2CCC(C)CC2)cc1Cl. The number of rotatable bonds is 3. The number of aryl methyl sites for hydroxylation is 1. The number of carbonyl (C=O) groups is 1. The van der Waals surface area contributed by atoms with E-state index in [4.69, 9.17) is 11.6 Å². The number of carbonyl (C=O) groups excluding carboxylic acids is 1. The molecule has 0 atom stereocenters. The number of piperidine rings is 1. The lowest BCUT2D eigenvalue weighted by atomic mass is 9.90. The van der Waals surface area contributed by atoms with Crippen molar-refractivity contribution in [2.45, 2.75) is 52.9 Å². The van der Waals surface area contributed by atoms with E-state index >= 15 is 0 Å². The molecule has 1 amide bonds. The standard InChI is InChI=1S/C28H32ClN3O/c1-18-9-12-32(13-10-18)27(33)21-6-7-23(25(29)15-21)24-14-22(17-31-19(24)2)20-8-11-30-26(16-20)28(3,4)5/h6-8,11,14-18H,9-10,12-13H2,1-5H3. The summed E-state index contributed by atoms with van der Waals surface area (Å²) in [6.07, 6.45) is 5.86. The van der Waals surface area contributed by atoms with Gasteiger partial charge in [-0.3, -0.25) is 14.8 Å². The summed E-state index contributed by atoms with van der Waals surface area (Å²) < 4.78 is 0. The van der Waals surface area contributed by atoms with Gasteiger partial charge in [0.1, 0.15) is 0 Å². The minimum atomic E-state index is -0.0327. The van der Waals surface area contributed by atoms with E-state index in [-0.39, 0.29) is 11.3 Å². The summed E-state index contributed by atoms with van der Waals surface area (Å²) in [6.45, 7) is 12.3.